The second-order valence-corrected chi connectivity index (χ2v) is 6.01. The molecule has 1 amide bonds. The van der Waals surface area contributed by atoms with E-state index in [9.17, 15) is 9.59 Å². The summed E-state index contributed by atoms with van der Waals surface area (Å²) in [5, 5.41) is 11.4. The van der Waals surface area contributed by atoms with Crippen molar-refractivity contribution < 1.29 is 24.2 Å². The third-order valence-electron chi connectivity index (χ3n) is 3.43. The number of aliphatic carboxylic acids is 1. The van der Waals surface area contributed by atoms with E-state index in [0.29, 0.717) is 18.1 Å². The molecule has 0 fully saturated rings. The maximum Gasteiger partial charge on any atom is 0.328 e. The Balaban J connectivity index is 1.80. The number of carboxylic acids is 1. The molecular formula is C19H21NO5. The van der Waals surface area contributed by atoms with Crippen LogP contribution >= 0.6 is 0 Å². The molecule has 25 heavy (non-hydrogen) atoms. The topological polar surface area (TPSA) is 84.9 Å². The van der Waals surface area contributed by atoms with Gasteiger partial charge in [0, 0.05) is 0 Å². The number of benzene rings is 2. The highest BCUT2D eigenvalue weighted by Crippen LogP contribution is 2.18. The molecule has 6 nitrogen and oxygen atoms in total. The number of carbonyl (C=O) groups excluding carboxylic acids is 1. The quantitative estimate of drug-likeness (QED) is 0.770. The van der Waals surface area contributed by atoms with Crippen molar-refractivity contribution in [1.82, 2.24) is 5.32 Å². The maximum atomic E-state index is 11.7. The Morgan fingerprint density at radius 1 is 0.960 bits per heavy atom. The Bertz CT molecular complexity index is 710. The molecule has 0 aromatic heterocycles. The van der Waals surface area contributed by atoms with Crippen LogP contribution in [0.5, 0.6) is 11.5 Å². The second kappa shape index (κ2) is 8.19. The van der Waals surface area contributed by atoms with Crippen LogP contribution in [-0.4, -0.2) is 29.1 Å². The van der Waals surface area contributed by atoms with Gasteiger partial charge in [-0.15, -0.1) is 0 Å². The van der Waals surface area contributed by atoms with Gasteiger partial charge in [-0.05, 0) is 43.7 Å². The largest absolute Gasteiger partial charge is 0.489 e. The molecule has 0 radical (unpaired) electrons. The fourth-order valence-electron chi connectivity index (χ4n) is 1.96. The summed E-state index contributed by atoms with van der Waals surface area (Å²) in [5.41, 5.74) is -0.268. The van der Waals surface area contributed by atoms with Crippen LogP contribution in [0.2, 0.25) is 0 Å². The lowest BCUT2D eigenvalue weighted by molar-refractivity contribution is -0.146. The molecule has 0 saturated heterocycles. The van der Waals surface area contributed by atoms with Crippen LogP contribution < -0.4 is 14.8 Å². The van der Waals surface area contributed by atoms with E-state index in [2.05, 4.69) is 5.32 Å². The first-order valence-electron chi connectivity index (χ1n) is 7.81. The number of carboxylic acid groups (broad SMARTS) is 1. The van der Waals surface area contributed by atoms with E-state index < -0.39 is 17.4 Å². The number of hydrogen-bond donors (Lipinski definition) is 2. The molecule has 0 unspecified atom stereocenters. The molecule has 6 heteroatoms. The van der Waals surface area contributed by atoms with Crippen molar-refractivity contribution in [2.24, 2.45) is 0 Å². The molecule has 2 rings (SSSR count). The first-order valence-corrected chi connectivity index (χ1v) is 7.81. The molecule has 0 aliphatic heterocycles. The van der Waals surface area contributed by atoms with E-state index in [1.165, 1.54) is 13.8 Å². The Labute approximate surface area is 146 Å². The molecule has 0 saturated carbocycles. The van der Waals surface area contributed by atoms with Crippen molar-refractivity contribution in [3.63, 3.8) is 0 Å². The Kier molecular flexibility index (Phi) is 6.00. The highest BCUT2D eigenvalue weighted by Gasteiger charge is 2.28. The van der Waals surface area contributed by atoms with Crippen molar-refractivity contribution in [3.05, 3.63) is 60.2 Å². The van der Waals surface area contributed by atoms with Gasteiger partial charge in [-0.3, -0.25) is 4.79 Å². The van der Waals surface area contributed by atoms with E-state index in [1.807, 2.05) is 30.3 Å². The zero-order valence-electron chi connectivity index (χ0n) is 14.2. The molecule has 2 N–H and O–H groups in total. The van der Waals surface area contributed by atoms with E-state index in [-0.39, 0.29) is 6.61 Å². The first-order chi connectivity index (χ1) is 11.9. The number of hydrogen-bond acceptors (Lipinski definition) is 4. The summed E-state index contributed by atoms with van der Waals surface area (Å²) < 4.78 is 11.0. The minimum absolute atomic E-state index is 0.263. The minimum Gasteiger partial charge on any atom is -0.489 e. The maximum absolute atomic E-state index is 11.7. The lowest BCUT2D eigenvalue weighted by Gasteiger charge is -2.20. The number of amides is 1. The van der Waals surface area contributed by atoms with Crippen molar-refractivity contribution in [1.29, 1.82) is 0 Å². The highest BCUT2D eigenvalue weighted by atomic mass is 16.5. The summed E-state index contributed by atoms with van der Waals surface area (Å²) in [4.78, 5) is 22.7. The van der Waals surface area contributed by atoms with E-state index in [0.717, 1.165) is 5.56 Å². The molecule has 0 aliphatic rings. The SMILES string of the molecule is CC(C)(NC(=O)COc1ccc(OCc2ccccc2)cc1)C(=O)O. The van der Waals surface area contributed by atoms with Gasteiger partial charge in [0.25, 0.3) is 5.91 Å². The summed E-state index contributed by atoms with van der Waals surface area (Å²) in [7, 11) is 0. The van der Waals surface area contributed by atoms with Crippen LogP contribution in [-0.2, 0) is 16.2 Å². The Morgan fingerprint density at radius 3 is 2.08 bits per heavy atom. The van der Waals surface area contributed by atoms with Gasteiger partial charge in [0.1, 0.15) is 23.6 Å². The van der Waals surface area contributed by atoms with Crippen LogP contribution in [0.15, 0.2) is 54.6 Å². The Morgan fingerprint density at radius 2 is 1.52 bits per heavy atom. The van der Waals surface area contributed by atoms with Crippen molar-refractivity contribution in [2.45, 2.75) is 26.0 Å². The molecule has 132 valence electrons. The van der Waals surface area contributed by atoms with Crippen LogP contribution in [0.4, 0.5) is 0 Å². The van der Waals surface area contributed by atoms with E-state index >= 15 is 0 Å². The monoisotopic (exact) mass is 343 g/mol. The first kappa shape index (κ1) is 18.3. The van der Waals surface area contributed by atoms with Gasteiger partial charge >= 0.3 is 5.97 Å². The van der Waals surface area contributed by atoms with Gasteiger partial charge in [0.2, 0.25) is 0 Å². The smallest absolute Gasteiger partial charge is 0.328 e. The number of nitrogens with one attached hydrogen (secondary N) is 1. The van der Waals surface area contributed by atoms with Crippen LogP contribution in [0.3, 0.4) is 0 Å². The predicted molar refractivity (Wildman–Crippen MR) is 92.6 cm³/mol. The minimum atomic E-state index is -1.34. The number of ether oxygens (including phenoxy) is 2. The van der Waals surface area contributed by atoms with Gasteiger partial charge in [0.05, 0.1) is 0 Å². The summed E-state index contributed by atoms with van der Waals surface area (Å²) in [6.07, 6.45) is 0. The van der Waals surface area contributed by atoms with Gasteiger partial charge in [-0.1, -0.05) is 30.3 Å². The summed E-state index contributed by atoms with van der Waals surface area (Å²) in [6, 6.07) is 16.7. The normalized spacial score (nSPS) is 10.8. The lowest BCUT2D eigenvalue weighted by atomic mass is 10.1. The number of rotatable bonds is 8. The zero-order chi connectivity index (χ0) is 18.3. The van der Waals surface area contributed by atoms with Crippen LogP contribution in [0.1, 0.15) is 19.4 Å². The zero-order valence-corrected chi connectivity index (χ0v) is 14.2. The second-order valence-electron chi connectivity index (χ2n) is 6.01. The summed E-state index contributed by atoms with van der Waals surface area (Å²) >= 11 is 0. The highest BCUT2D eigenvalue weighted by molar-refractivity contribution is 5.86. The molecular weight excluding hydrogens is 322 g/mol. The van der Waals surface area contributed by atoms with Crippen LogP contribution in [0, 0.1) is 0 Å². The van der Waals surface area contributed by atoms with E-state index in [4.69, 9.17) is 14.6 Å². The fourth-order valence-corrected chi connectivity index (χ4v) is 1.96. The molecule has 0 heterocycles. The standard InChI is InChI=1S/C19H21NO5/c1-19(2,18(22)23)20-17(21)13-25-16-10-8-15(9-11-16)24-12-14-6-4-3-5-7-14/h3-11H,12-13H2,1-2H3,(H,20,21)(H,22,23). The van der Waals surface area contributed by atoms with Crippen LogP contribution in [0.25, 0.3) is 0 Å². The molecule has 0 atom stereocenters. The van der Waals surface area contributed by atoms with Gasteiger partial charge in [0.15, 0.2) is 6.61 Å². The number of carbonyl (C=O) groups is 2. The summed E-state index contributed by atoms with van der Waals surface area (Å²) in [5.74, 6) is -0.430. The molecule has 2 aromatic rings. The Hall–Kier alpha value is -3.02. The van der Waals surface area contributed by atoms with Crippen molar-refractivity contribution in [2.75, 3.05) is 6.61 Å². The van der Waals surface area contributed by atoms with Crippen molar-refractivity contribution in [3.8, 4) is 11.5 Å². The van der Waals surface area contributed by atoms with Gasteiger partial charge < -0.3 is 19.9 Å². The lowest BCUT2D eigenvalue weighted by Crippen LogP contribution is -2.51. The molecule has 0 spiro atoms. The summed E-state index contributed by atoms with van der Waals surface area (Å²) in [6.45, 7) is 3.02. The molecule has 0 aliphatic carbocycles. The van der Waals surface area contributed by atoms with Crippen molar-refractivity contribution >= 4 is 11.9 Å². The third-order valence-corrected chi connectivity index (χ3v) is 3.43. The predicted octanol–water partition coefficient (Wildman–Crippen LogP) is 2.62. The molecule has 2 aromatic carbocycles. The van der Waals surface area contributed by atoms with Gasteiger partial charge in [-0.25, -0.2) is 4.79 Å². The third kappa shape index (κ3) is 5.84. The fraction of sp³-hybridized carbons (Fsp3) is 0.263. The average Bonchev–Trinajstić information content (AvgIpc) is 2.59. The molecule has 0 bridgehead atoms. The average molecular weight is 343 g/mol. The van der Waals surface area contributed by atoms with E-state index in [1.54, 1.807) is 24.3 Å². The van der Waals surface area contributed by atoms with Gasteiger partial charge in [-0.2, -0.15) is 0 Å².